The predicted molar refractivity (Wildman–Crippen MR) is 82.6 cm³/mol. The molecule has 4 bridgehead atoms. The number of rotatable bonds is 4. The number of alkyl halides is 1. The Morgan fingerprint density at radius 2 is 1.91 bits per heavy atom. The quantitative estimate of drug-likeness (QED) is 0.416. The summed E-state index contributed by atoms with van der Waals surface area (Å²) in [5, 5.41) is 0. The Morgan fingerprint density at radius 3 is 2.61 bits per heavy atom. The Hall–Kier alpha value is -1.11. The van der Waals surface area contributed by atoms with Crippen LogP contribution >= 0.6 is 15.9 Å². The zero-order chi connectivity index (χ0) is 16.7. The summed E-state index contributed by atoms with van der Waals surface area (Å²) in [5.41, 5.74) is 0. The zero-order valence-electron chi connectivity index (χ0n) is 13.2. The topological polar surface area (TPSA) is 78.9 Å². The van der Waals surface area contributed by atoms with Crippen molar-refractivity contribution in [1.82, 2.24) is 0 Å². The van der Waals surface area contributed by atoms with Crippen molar-refractivity contribution < 1.29 is 28.6 Å². The van der Waals surface area contributed by atoms with E-state index in [1.807, 2.05) is 0 Å². The summed E-state index contributed by atoms with van der Waals surface area (Å²) >= 11 is 3.10. The van der Waals surface area contributed by atoms with Gasteiger partial charge in [0, 0.05) is 5.92 Å². The summed E-state index contributed by atoms with van der Waals surface area (Å²) in [4.78, 5) is 35.3. The lowest BCUT2D eigenvalue weighted by atomic mass is 9.67. The number of fused-ring (bicyclic) bond motifs is 1. The highest BCUT2D eigenvalue weighted by Crippen LogP contribution is 2.48. The fraction of sp³-hybridized carbons (Fsp3) is 0.812. The normalized spacial score (nSPS) is 37.5. The summed E-state index contributed by atoms with van der Waals surface area (Å²) in [5.74, 6) is -0.672. The van der Waals surface area contributed by atoms with Crippen molar-refractivity contribution in [2.24, 2.45) is 17.8 Å². The second-order valence-electron chi connectivity index (χ2n) is 6.84. The molecular weight excluding hydrogens is 368 g/mol. The molecule has 2 heterocycles. The summed E-state index contributed by atoms with van der Waals surface area (Å²) in [7, 11) is 0. The SMILES string of the molecule is CC(Br)C(=O)OC(C)C(=O)OC1C2CC3CC(C2)C(=O)OC1C3. The molecular formula is C16H21BrO6. The molecule has 23 heavy (non-hydrogen) atoms. The molecule has 7 unspecified atom stereocenters. The van der Waals surface area contributed by atoms with Crippen molar-refractivity contribution in [3.8, 4) is 0 Å². The van der Waals surface area contributed by atoms with Crippen LogP contribution in [0.3, 0.4) is 0 Å². The van der Waals surface area contributed by atoms with E-state index in [0.717, 1.165) is 25.7 Å². The van der Waals surface area contributed by atoms with E-state index >= 15 is 0 Å². The smallest absolute Gasteiger partial charge is 0.347 e. The van der Waals surface area contributed by atoms with Crippen LogP contribution in [0.1, 0.15) is 39.5 Å². The fourth-order valence-electron chi connectivity index (χ4n) is 3.98. The first-order valence-electron chi connectivity index (χ1n) is 8.10. The molecule has 2 aliphatic carbocycles. The first kappa shape index (κ1) is 16.7. The minimum absolute atomic E-state index is 0.0584. The molecule has 2 saturated heterocycles. The Kier molecular flexibility index (Phi) is 4.67. The third-order valence-electron chi connectivity index (χ3n) is 5.04. The molecule has 0 N–H and O–H groups in total. The van der Waals surface area contributed by atoms with Gasteiger partial charge in [0.15, 0.2) is 6.10 Å². The molecule has 2 aliphatic heterocycles. The highest BCUT2D eigenvalue weighted by Gasteiger charge is 2.52. The minimum atomic E-state index is -0.975. The van der Waals surface area contributed by atoms with Gasteiger partial charge in [0.05, 0.1) is 5.92 Å². The summed E-state index contributed by atoms with van der Waals surface area (Å²) in [6.45, 7) is 3.12. The maximum Gasteiger partial charge on any atom is 0.347 e. The van der Waals surface area contributed by atoms with Gasteiger partial charge in [-0.15, -0.1) is 0 Å². The van der Waals surface area contributed by atoms with E-state index in [-0.39, 0.29) is 23.9 Å². The molecule has 6 nitrogen and oxygen atoms in total. The Bertz CT molecular complexity index is 519. The number of carbonyl (C=O) groups is 3. The second kappa shape index (κ2) is 6.42. The van der Waals surface area contributed by atoms with Crippen molar-refractivity contribution in [3.05, 3.63) is 0 Å². The van der Waals surface area contributed by atoms with Crippen LogP contribution in [0.5, 0.6) is 0 Å². The fourth-order valence-corrected chi connectivity index (χ4v) is 4.09. The number of hydrogen-bond donors (Lipinski definition) is 0. The molecule has 4 rings (SSSR count). The lowest BCUT2D eigenvalue weighted by Gasteiger charge is -2.41. The van der Waals surface area contributed by atoms with Gasteiger partial charge in [-0.25, -0.2) is 4.79 Å². The molecule has 0 aromatic heterocycles. The lowest BCUT2D eigenvalue weighted by Crippen LogP contribution is -2.46. The van der Waals surface area contributed by atoms with Crippen LogP contribution in [0.25, 0.3) is 0 Å². The number of ether oxygens (including phenoxy) is 3. The van der Waals surface area contributed by atoms with E-state index in [9.17, 15) is 14.4 Å². The molecule has 0 radical (unpaired) electrons. The molecule has 0 amide bonds. The van der Waals surface area contributed by atoms with Gasteiger partial charge in [-0.05, 0) is 45.4 Å². The Balaban J connectivity index is 1.64. The van der Waals surface area contributed by atoms with E-state index in [4.69, 9.17) is 14.2 Å². The Morgan fingerprint density at radius 1 is 1.17 bits per heavy atom. The van der Waals surface area contributed by atoms with E-state index in [1.54, 1.807) is 6.92 Å². The number of carbonyl (C=O) groups excluding carboxylic acids is 3. The standard InChI is InChI=1S/C16H21BrO6/c1-7(17)14(18)21-8(2)15(19)23-13-10-3-9-4-11(6-10)16(20)22-12(13)5-9/h7-13H,3-6H2,1-2H3. The van der Waals surface area contributed by atoms with E-state index in [1.165, 1.54) is 6.92 Å². The number of esters is 3. The third kappa shape index (κ3) is 3.39. The van der Waals surface area contributed by atoms with Gasteiger partial charge in [0.2, 0.25) is 0 Å². The van der Waals surface area contributed by atoms with Crippen LogP contribution in [0.15, 0.2) is 0 Å². The molecule has 4 aliphatic rings. The van der Waals surface area contributed by atoms with Gasteiger partial charge in [0.1, 0.15) is 17.0 Å². The first-order valence-corrected chi connectivity index (χ1v) is 9.02. The minimum Gasteiger partial charge on any atom is -0.458 e. The van der Waals surface area contributed by atoms with Crippen LogP contribution in [0.4, 0.5) is 0 Å². The van der Waals surface area contributed by atoms with Gasteiger partial charge < -0.3 is 14.2 Å². The number of hydrogen-bond acceptors (Lipinski definition) is 6. The first-order chi connectivity index (χ1) is 10.8. The predicted octanol–water partition coefficient (Wildman–Crippen LogP) is 1.97. The van der Waals surface area contributed by atoms with Gasteiger partial charge in [-0.1, -0.05) is 15.9 Å². The van der Waals surface area contributed by atoms with Crippen molar-refractivity contribution in [1.29, 1.82) is 0 Å². The third-order valence-corrected chi connectivity index (χ3v) is 5.41. The second-order valence-corrected chi connectivity index (χ2v) is 8.21. The molecule has 128 valence electrons. The maximum atomic E-state index is 12.2. The molecule has 7 atom stereocenters. The van der Waals surface area contributed by atoms with Gasteiger partial charge in [-0.2, -0.15) is 0 Å². The molecule has 0 spiro atoms. The van der Waals surface area contributed by atoms with Gasteiger partial charge >= 0.3 is 17.9 Å². The monoisotopic (exact) mass is 388 g/mol. The molecule has 0 aromatic carbocycles. The van der Waals surface area contributed by atoms with Gasteiger partial charge in [0.25, 0.3) is 0 Å². The van der Waals surface area contributed by atoms with Crippen molar-refractivity contribution in [2.45, 2.75) is 62.7 Å². The Labute approximate surface area is 143 Å². The summed E-state index contributed by atoms with van der Waals surface area (Å²) < 4.78 is 16.2. The average Bonchev–Trinajstić information content (AvgIpc) is 2.64. The number of halogens is 1. The molecule has 2 saturated carbocycles. The summed E-state index contributed by atoms with van der Waals surface area (Å²) in [6, 6.07) is 0. The zero-order valence-corrected chi connectivity index (χ0v) is 14.8. The molecule has 7 heteroatoms. The van der Waals surface area contributed by atoms with Crippen molar-refractivity contribution >= 4 is 33.8 Å². The highest BCUT2D eigenvalue weighted by molar-refractivity contribution is 9.10. The highest BCUT2D eigenvalue weighted by atomic mass is 79.9. The molecule has 0 aromatic rings. The largest absolute Gasteiger partial charge is 0.458 e. The molecule has 4 fully saturated rings. The van der Waals surface area contributed by atoms with Crippen molar-refractivity contribution in [3.63, 3.8) is 0 Å². The maximum absolute atomic E-state index is 12.2. The van der Waals surface area contributed by atoms with E-state index in [0.29, 0.717) is 5.92 Å². The van der Waals surface area contributed by atoms with Gasteiger partial charge in [-0.3, -0.25) is 9.59 Å². The summed E-state index contributed by atoms with van der Waals surface area (Å²) in [6.07, 6.45) is 1.57. The van der Waals surface area contributed by atoms with Crippen LogP contribution in [-0.2, 0) is 28.6 Å². The van der Waals surface area contributed by atoms with E-state index in [2.05, 4.69) is 15.9 Å². The van der Waals surface area contributed by atoms with E-state index < -0.39 is 29.0 Å². The van der Waals surface area contributed by atoms with Crippen LogP contribution < -0.4 is 0 Å². The van der Waals surface area contributed by atoms with Crippen LogP contribution in [0, 0.1) is 17.8 Å². The van der Waals surface area contributed by atoms with Crippen LogP contribution in [0.2, 0.25) is 0 Å². The average molecular weight is 389 g/mol. The van der Waals surface area contributed by atoms with Crippen molar-refractivity contribution in [2.75, 3.05) is 0 Å². The van der Waals surface area contributed by atoms with Crippen LogP contribution in [-0.4, -0.2) is 41.0 Å². The lowest BCUT2D eigenvalue weighted by molar-refractivity contribution is -0.183.